The zero-order chi connectivity index (χ0) is 17.0. The van der Waals surface area contributed by atoms with Crippen molar-refractivity contribution in [3.05, 3.63) is 28.8 Å². The number of amides is 1. The van der Waals surface area contributed by atoms with Crippen molar-refractivity contribution >= 4 is 38.8 Å². The molecule has 23 heavy (non-hydrogen) atoms. The van der Waals surface area contributed by atoms with Gasteiger partial charge >= 0.3 is 0 Å². The molecule has 1 aromatic carbocycles. The Labute approximate surface area is 138 Å². The number of hydrogen-bond acceptors (Lipinski definition) is 7. The Morgan fingerprint density at radius 1 is 1.39 bits per heavy atom. The highest BCUT2D eigenvalue weighted by atomic mass is 32.2. The van der Waals surface area contributed by atoms with E-state index in [-0.39, 0.29) is 11.6 Å². The van der Waals surface area contributed by atoms with Crippen LogP contribution in [-0.2, 0) is 16.4 Å². The largest absolute Gasteiger partial charge is 0.495 e. The van der Waals surface area contributed by atoms with E-state index >= 15 is 0 Å². The van der Waals surface area contributed by atoms with Crippen LogP contribution in [0, 0.1) is 0 Å². The number of aromatic nitrogens is 2. The Morgan fingerprint density at radius 3 is 2.74 bits per heavy atom. The molecule has 2 rings (SSSR count). The number of aryl methyl sites for hydroxylation is 1. The van der Waals surface area contributed by atoms with E-state index in [9.17, 15) is 13.2 Å². The summed E-state index contributed by atoms with van der Waals surface area (Å²) in [5, 5.41) is 6.58. The first-order valence-corrected chi connectivity index (χ1v) is 9.29. The molecule has 0 spiro atoms. The molecule has 0 aliphatic rings. The lowest BCUT2D eigenvalue weighted by Gasteiger charge is -2.12. The summed E-state index contributed by atoms with van der Waals surface area (Å²) in [5.41, 5.74) is 1.29. The van der Waals surface area contributed by atoms with Gasteiger partial charge in [-0.1, -0.05) is 11.4 Å². The third kappa shape index (κ3) is 4.39. The van der Waals surface area contributed by atoms with Crippen molar-refractivity contribution < 1.29 is 17.9 Å². The lowest BCUT2D eigenvalue weighted by molar-refractivity contribution is 0.102. The summed E-state index contributed by atoms with van der Waals surface area (Å²) in [6, 6.07) is 4.66. The van der Waals surface area contributed by atoms with E-state index in [4.69, 9.17) is 4.74 Å². The van der Waals surface area contributed by atoms with Crippen LogP contribution in [0.4, 0.5) is 11.4 Å². The SMILES string of the molecule is CCc1nnsc1C(=O)Nc1ccc(OC)c(NS(C)(=O)=O)c1. The average molecular weight is 356 g/mol. The minimum absolute atomic E-state index is 0.242. The predicted octanol–water partition coefficient (Wildman–Crippen LogP) is 1.73. The van der Waals surface area contributed by atoms with Gasteiger partial charge in [0.1, 0.15) is 10.6 Å². The Balaban J connectivity index is 2.27. The second-order valence-corrected chi connectivity index (χ2v) is 7.15. The van der Waals surface area contributed by atoms with Crippen LogP contribution in [0.15, 0.2) is 18.2 Å². The van der Waals surface area contributed by atoms with Crippen LogP contribution in [-0.4, -0.2) is 37.3 Å². The molecule has 1 aromatic heterocycles. The topological polar surface area (TPSA) is 110 Å². The van der Waals surface area contributed by atoms with Crippen molar-refractivity contribution in [3.63, 3.8) is 0 Å². The minimum Gasteiger partial charge on any atom is -0.495 e. The quantitative estimate of drug-likeness (QED) is 0.815. The van der Waals surface area contributed by atoms with Gasteiger partial charge in [-0.25, -0.2) is 8.42 Å². The number of nitrogens with one attached hydrogen (secondary N) is 2. The van der Waals surface area contributed by atoms with Crippen molar-refractivity contribution in [1.82, 2.24) is 9.59 Å². The molecular formula is C13H16N4O4S2. The summed E-state index contributed by atoms with van der Waals surface area (Å²) >= 11 is 1.01. The minimum atomic E-state index is -3.47. The smallest absolute Gasteiger partial charge is 0.269 e. The lowest BCUT2D eigenvalue weighted by atomic mass is 10.2. The number of anilines is 2. The van der Waals surface area contributed by atoms with E-state index in [1.165, 1.54) is 13.2 Å². The summed E-state index contributed by atoms with van der Waals surface area (Å²) in [5.74, 6) is 0.00875. The predicted molar refractivity (Wildman–Crippen MR) is 88.7 cm³/mol. The average Bonchev–Trinajstić information content (AvgIpc) is 2.94. The van der Waals surface area contributed by atoms with Gasteiger partial charge in [0.2, 0.25) is 10.0 Å². The van der Waals surface area contributed by atoms with Gasteiger partial charge in [0, 0.05) is 5.69 Å². The van der Waals surface area contributed by atoms with Crippen molar-refractivity contribution in [2.24, 2.45) is 0 Å². The fourth-order valence-corrected chi connectivity index (χ4v) is 3.07. The number of carbonyl (C=O) groups excluding carboxylic acids is 1. The van der Waals surface area contributed by atoms with Crippen LogP contribution in [0.5, 0.6) is 5.75 Å². The summed E-state index contributed by atoms with van der Waals surface area (Å²) in [6.07, 6.45) is 1.64. The Kier molecular flexibility index (Phi) is 5.16. The molecule has 0 saturated carbocycles. The maximum Gasteiger partial charge on any atom is 0.269 e. The van der Waals surface area contributed by atoms with E-state index < -0.39 is 10.0 Å². The number of benzene rings is 1. The molecule has 2 N–H and O–H groups in total. The third-order valence-electron chi connectivity index (χ3n) is 2.85. The van der Waals surface area contributed by atoms with Gasteiger partial charge in [-0.15, -0.1) is 5.10 Å². The number of rotatable bonds is 6. The maximum absolute atomic E-state index is 12.3. The fraction of sp³-hybridized carbons (Fsp3) is 0.308. The van der Waals surface area contributed by atoms with E-state index in [1.807, 2.05) is 6.92 Å². The fourth-order valence-electron chi connectivity index (χ4n) is 1.87. The van der Waals surface area contributed by atoms with Gasteiger partial charge in [0.25, 0.3) is 5.91 Å². The first-order chi connectivity index (χ1) is 10.8. The van der Waals surface area contributed by atoms with Gasteiger partial charge in [-0.2, -0.15) is 0 Å². The van der Waals surface area contributed by atoms with Gasteiger partial charge in [-0.05, 0) is 36.2 Å². The molecule has 124 valence electrons. The Bertz CT molecular complexity index is 817. The molecule has 0 bridgehead atoms. The molecule has 0 radical (unpaired) electrons. The second-order valence-electron chi connectivity index (χ2n) is 4.65. The van der Waals surface area contributed by atoms with Crippen LogP contribution in [0.2, 0.25) is 0 Å². The summed E-state index contributed by atoms with van der Waals surface area (Å²) in [6.45, 7) is 1.88. The number of hydrogen-bond donors (Lipinski definition) is 2. The third-order valence-corrected chi connectivity index (χ3v) is 4.21. The van der Waals surface area contributed by atoms with Crippen molar-refractivity contribution in [2.75, 3.05) is 23.4 Å². The van der Waals surface area contributed by atoms with E-state index in [2.05, 4.69) is 19.6 Å². The number of ether oxygens (including phenoxy) is 1. The zero-order valence-electron chi connectivity index (χ0n) is 12.8. The standard InChI is InChI=1S/C13H16N4O4S2/c1-4-9-12(22-17-15-9)13(18)14-8-5-6-11(21-2)10(7-8)16-23(3,19)20/h5-7,16H,4H2,1-3H3,(H,14,18). The molecule has 0 fully saturated rings. The van der Waals surface area contributed by atoms with Crippen LogP contribution >= 0.6 is 11.5 Å². The van der Waals surface area contributed by atoms with Crippen LogP contribution in [0.25, 0.3) is 0 Å². The molecule has 0 aliphatic carbocycles. The van der Waals surface area contributed by atoms with E-state index in [0.29, 0.717) is 28.4 Å². The summed E-state index contributed by atoms with van der Waals surface area (Å²) in [7, 11) is -2.04. The molecular weight excluding hydrogens is 340 g/mol. The molecule has 10 heteroatoms. The molecule has 0 unspecified atom stereocenters. The molecule has 0 atom stereocenters. The van der Waals surface area contributed by atoms with Crippen molar-refractivity contribution in [1.29, 1.82) is 0 Å². The summed E-state index contributed by atoms with van der Waals surface area (Å²) in [4.78, 5) is 12.7. The normalized spacial score (nSPS) is 11.1. The van der Waals surface area contributed by atoms with Crippen molar-refractivity contribution in [2.45, 2.75) is 13.3 Å². The number of methoxy groups -OCH3 is 1. The zero-order valence-corrected chi connectivity index (χ0v) is 14.4. The summed E-state index contributed by atoms with van der Waals surface area (Å²) < 4.78 is 34.0. The number of nitrogens with zero attached hydrogens (tertiary/aromatic N) is 2. The molecule has 2 aromatic rings. The van der Waals surface area contributed by atoms with Gasteiger partial charge in [0.05, 0.1) is 24.7 Å². The molecule has 8 nitrogen and oxygen atoms in total. The maximum atomic E-state index is 12.3. The molecule has 0 saturated heterocycles. The van der Waals surface area contributed by atoms with Crippen molar-refractivity contribution in [3.8, 4) is 5.75 Å². The molecule has 1 heterocycles. The number of carbonyl (C=O) groups is 1. The van der Waals surface area contributed by atoms with Crippen LogP contribution < -0.4 is 14.8 Å². The van der Waals surface area contributed by atoms with E-state index in [0.717, 1.165) is 17.8 Å². The second kappa shape index (κ2) is 6.92. The van der Waals surface area contributed by atoms with Crippen LogP contribution in [0.1, 0.15) is 22.3 Å². The first kappa shape index (κ1) is 17.2. The Morgan fingerprint density at radius 2 is 2.13 bits per heavy atom. The number of sulfonamides is 1. The lowest BCUT2D eigenvalue weighted by Crippen LogP contribution is -2.14. The highest BCUT2D eigenvalue weighted by Crippen LogP contribution is 2.29. The molecule has 1 amide bonds. The molecule has 0 aliphatic heterocycles. The van der Waals surface area contributed by atoms with Crippen LogP contribution in [0.3, 0.4) is 0 Å². The van der Waals surface area contributed by atoms with Gasteiger partial charge in [-0.3, -0.25) is 9.52 Å². The highest BCUT2D eigenvalue weighted by molar-refractivity contribution is 7.92. The van der Waals surface area contributed by atoms with E-state index in [1.54, 1.807) is 12.1 Å². The monoisotopic (exact) mass is 356 g/mol. The van der Waals surface area contributed by atoms with Gasteiger partial charge in [0.15, 0.2) is 0 Å². The van der Waals surface area contributed by atoms with Gasteiger partial charge < -0.3 is 10.1 Å². The first-order valence-electron chi connectivity index (χ1n) is 6.62. The highest BCUT2D eigenvalue weighted by Gasteiger charge is 2.16. The Hall–Kier alpha value is -2.20.